The van der Waals surface area contributed by atoms with Gasteiger partial charge in [0.1, 0.15) is 0 Å². The van der Waals surface area contributed by atoms with Gasteiger partial charge < -0.3 is 10.6 Å². The van der Waals surface area contributed by atoms with Crippen molar-refractivity contribution in [3.63, 3.8) is 0 Å². The van der Waals surface area contributed by atoms with Crippen molar-refractivity contribution in [3.05, 3.63) is 12.2 Å². The minimum absolute atomic E-state index is 0.559. The van der Waals surface area contributed by atoms with Gasteiger partial charge in [0, 0.05) is 39.3 Å². The maximum absolute atomic E-state index is 4.33. The zero-order valence-corrected chi connectivity index (χ0v) is 13.1. The zero-order chi connectivity index (χ0) is 14.4. The molecule has 4 heteroatoms. The third kappa shape index (κ3) is 5.53. The first kappa shape index (κ1) is 15.4. The van der Waals surface area contributed by atoms with E-state index >= 15 is 0 Å². The maximum atomic E-state index is 4.33. The van der Waals surface area contributed by atoms with Gasteiger partial charge in [-0.1, -0.05) is 25.0 Å². The summed E-state index contributed by atoms with van der Waals surface area (Å²) in [5.74, 6) is 1.95. The highest BCUT2D eigenvalue weighted by molar-refractivity contribution is 5.79. The molecule has 114 valence electrons. The molecule has 0 aromatic heterocycles. The lowest BCUT2D eigenvalue weighted by Crippen LogP contribution is -2.49. The van der Waals surface area contributed by atoms with Gasteiger partial charge in [0.15, 0.2) is 5.96 Å². The van der Waals surface area contributed by atoms with E-state index in [4.69, 9.17) is 0 Å². The Labute approximate surface area is 123 Å². The molecule has 20 heavy (non-hydrogen) atoms. The first-order valence-electron chi connectivity index (χ1n) is 8.01. The normalized spacial score (nSPS) is 21.8. The van der Waals surface area contributed by atoms with Crippen molar-refractivity contribution in [2.24, 2.45) is 10.9 Å². The molecule has 4 nitrogen and oxygen atoms in total. The summed E-state index contributed by atoms with van der Waals surface area (Å²) in [6, 6.07) is 0.559. The van der Waals surface area contributed by atoms with Crippen molar-refractivity contribution in [3.8, 4) is 0 Å². The van der Waals surface area contributed by atoms with Gasteiger partial charge in [0.25, 0.3) is 0 Å². The second kappa shape index (κ2) is 7.67. The molecule has 2 fully saturated rings. The molecule has 1 saturated carbocycles. The molecule has 0 amide bonds. The predicted octanol–water partition coefficient (Wildman–Crippen LogP) is 1.99. The van der Waals surface area contributed by atoms with E-state index in [0.29, 0.717) is 6.04 Å². The van der Waals surface area contributed by atoms with Gasteiger partial charge in [-0.25, -0.2) is 0 Å². The fraction of sp³-hybridized carbons (Fsp3) is 0.812. The third-order valence-electron chi connectivity index (χ3n) is 4.19. The number of nitrogens with one attached hydrogen (secondary N) is 2. The van der Waals surface area contributed by atoms with Gasteiger partial charge in [-0.3, -0.25) is 9.89 Å². The van der Waals surface area contributed by atoms with Gasteiger partial charge in [-0.15, -0.1) is 0 Å². The average molecular weight is 278 g/mol. The van der Waals surface area contributed by atoms with Crippen LogP contribution in [0.4, 0.5) is 0 Å². The molecular formula is C16H30N4. The molecule has 0 radical (unpaired) electrons. The van der Waals surface area contributed by atoms with Crippen molar-refractivity contribution in [1.29, 1.82) is 0 Å². The number of rotatable bonds is 6. The molecular weight excluding hydrogens is 248 g/mol. The van der Waals surface area contributed by atoms with E-state index in [1.165, 1.54) is 37.7 Å². The molecule has 0 unspecified atom stereocenters. The molecule has 0 aromatic carbocycles. The van der Waals surface area contributed by atoms with Crippen LogP contribution >= 0.6 is 0 Å². The summed E-state index contributed by atoms with van der Waals surface area (Å²) in [6.07, 6.45) is 6.52. The topological polar surface area (TPSA) is 39.7 Å². The van der Waals surface area contributed by atoms with Crippen molar-refractivity contribution in [2.75, 3.05) is 33.2 Å². The SMILES string of the molecule is C=C(C)CN1CCC(NC(=NC)NCCC2CC2)CC1. The lowest BCUT2D eigenvalue weighted by molar-refractivity contribution is 0.221. The van der Waals surface area contributed by atoms with Crippen LogP contribution < -0.4 is 10.6 Å². The minimum atomic E-state index is 0.559. The molecule has 2 rings (SSSR count). The predicted molar refractivity (Wildman–Crippen MR) is 86.1 cm³/mol. The molecule has 0 bridgehead atoms. The van der Waals surface area contributed by atoms with Crippen LogP contribution in [0.25, 0.3) is 0 Å². The highest BCUT2D eigenvalue weighted by atomic mass is 15.2. The Morgan fingerprint density at radius 1 is 1.25 bits per heavy atom. The highest BCUT2D eigenvalue weighted by Crippen LogP contribution is 2.31. The Balaban J connectivity index is 1.63. The largest absolute Gasteiger partial charge is 0.356 e. The molecule has 0 aromatic rings. The van der Waals surface area contributed by atoms with E-state index < -0.39 is 0 Å². The highest BCUT2D eigenvalue weighted by Gasteiger charge is 2.21. The first-order chi connectivity index (χ1) is 9.67. The van der Waals surface area contributed by atoms with E-state index in [1.807, 2.05) is 7.05 Å². The first-order valence-corrected chi connectivity index (χ1v) is 8.01. The Kier molecular flexibility index (Phi) is 5.89. The lowest BCUT2D eigenvalue weighted by Gasteiger charge is -2.33. The number of likely N-dealkylation sites (tertiary alicyclic amines) is 1. The van der Waals surface area contributed by atoms with Crippen LogP contribution in [0, 0.1) is 5.92 Å². The molecule has 2 N–H and O–H groups in total. The van der Waals surface area contributed by atoms with Crippen LogP contribution in [-0.4, -0.2) is 50.1 Å². The van der Waals surface area contributed by atoms with E-state index in [0.717, 1.165) is 38.1 Å². The zero-order valence-electron chi connectivity index (χ0n) is 13.1. The second-order valence-electron chi connectivity index (χ2n) is 6.38. The number of hydrogen-bond donors (Lipinski definition) is 2. The molecule has 1 aliphatic carbocycles. The van der Waals surface area contributed by atoms with Crippen molar-refractivity contribution in [2.45, 2.75) is 45.1 Å². The van der Waals surface area contributed by atoms with Crippen LogP contribution in [0.15, 0.2) is 17.1 Å². The summed E-state index contributed by atoms with van der Waals surface area (Å²) in [5, 5.41) is 7.01. The van der Waals surface area contributed by atoms with Gasteiger partial charge in [0.2, 0.25) is 0 Å². The van der Waals surface area contributed by atoms with Gasteiger partial charge >= 0.3 is 0 Å². The molecule has 0 atom stereocenters. The van der Waals surface area contributed by atoms with Gasteiger partial charge in [-0.2, -0.15) is 0 Å². The lowest BCUT2D eigenvalue weighted by atomic mass is 10.0. The molecule has 1 aliphatic heterocycles. The maximum Gasteiger partial charge on any atom is 0.191 e. The summed E-state index contributed by atoms with van der Waals surface area (Å²) in [6.45, 7) is 10.5. The van der Waals surface area contributed by atoms with E-state index in [2.05, 4.69) is 34.0 Å². The summed E-state index contributed by atoms with van der Waals surface area (Å²) in [4.78, 5) is 6.82. The number of nitrogens with zero attached hydrogens (tertiary/aromatic N) is 2. The number of piperidine rings is 1. The number of hydrogen-bond acceptors (Lipinski definition) is 2. The van der Waals surface area contributed by atoms with Crippen molar-refractivity contribution < 1.29 is 0 Å². The molecule has 1 saturated heterocycles. The molecule has 1 heterocycles. The quantitative estimate of drug-likeness (QED) is 0.443. The van der Waals surface area contributed by atoms with Crippen molar-refractivity contribution in [1.82, 2.24) is 15.5 Å². The Bertz CT molecular complexity index is 338. The minimum Gasteiger partial charge on any atom is -0.356 e. The average Bonchev–Trinajstić information content (AvgIpc) is 3.23. The fourth-order valence-electron chi connectivity index (χ4n) is 2.81. The smallest absolute Gasteiger partial charge is 0.191 e. The summed E-state index contributed by atoms with van der Waals surface area (Å²) in [7, 11) is 1.86. The van der Waals surface area contributed by atoms with Crippen LogP contribution in [0.5, 0.6) is 0 Å². The molecule has 2 aliphatic rings. The van der Waals surface area contributed by atoms with Crippen LogP contribution in [0.2, 0.25) is 0 Å². The third-order valence-corrected chi connectivity index (χ3v) is 4.19. The fourth-order valence-corrected chi connectivity index (χ4v) is 2.81. The van der Waals surface area contributed by atoms with Gasteiger partial charge in [0.05, 0.1) is 0 Å². The summed E-state index contributed by atoms with van der Waals surface area (Å²) >= 11 is 0. The second-order valence-corrected chi connectivity index (χ2v) is 6.38. The number of aliphatic imine (C=N–C) groups is 1. The number of guanidine groups is 1. The summed E-state index contributed by atoms with van der Waals surface area (Å²) in [5.41, 5.74) is 1.26. The van der Waals surface area contributed by atoms with Crippen LogP contribution in [0.3, 0.4) is 0 Å². The van der Waals surface area contributed by atoms with E-state index in [1.54, 1.807) is 0 Å². The van der Waals surface area contributed by atoms with Gasteiger partial charge in [-0.05, 0) is 32.1 Å². The standard InChI is InChI=1S/C16H30N4/c1-13(2)12-20-10-7-15(8-11-20)19-16(17-3)18-9-6-14-4-5-14/h14-15H,1,4-12H2,2-3H3,(H2,17,18,19). The van der Waals surface area contributed by atoms with E-state index in [-0.39, 0.29) is 0 Å². The summed E-state index contributed by atoms with van der Waals surface area (Å²) < 4.78 is 0. The van der Waals surface area contributed by atoms with Crippen LogP contribution in [0.1, 0.15) is 39.0 Å². The monoisotopic (exact) mass is 278 g/mol. The molecule has 0 spiro atoms. The Morgan fingerprint density at radius 3 is 2.50 bits per heavy atom. The van der Waals surface area contributed by atoms with Crippen molar-refractivity contribution >= 4 is 5.96 Å². The Hall–Kier alpha value is -1.03. The Morgan fingerprint density at radius 2 is 1.95 bits per heavy atom. The van der Waals surface area contributed by atoms with E-state index in [9.17, 15) is 0 Å². The van der Waals surface area contributed by atoms with Crippen LogP contribution in [-0.2, 0) is 0 Å².